The molecule has 9 heteroatoms. The number of hydrogen-bond acceptors (Lipinski definition) is 6. The van der Waals surface area contributed by atoms with Crippen LogP contribution in [0.2, 0.25) is 0 Å². The number of nitrogens with one attached hydrogen (secondary N) is 2. The van der Waals surface area contributed by atoms with E-state index in [1.54, 1.807) is 24.3 Å². The van der Waals surface area contributed by atoms with Gasteiger partial charge >= 0.3 is 5.63 Å². The van der Waals surface area contributed by atoms with Crippen LogP contribution in [-0.2, 0) is 14.8 Å². The summed E-state index contributed by atoms with van der Waals surface area (Å²) in [5.74, 6) is -0.637. The Morgan fingerprint density at radius 1 is 1.10 bits per heavy atom. The lowest BCUT2D eigenvalue weighted by atomic mass is 10.1. The molecule has 2 aromatic carbocycles. The van der Waals surface area contributed by atoms with Crippen LogP contribution >= 0.6 is 0 Å². The zero-order valence-electron chi connectivity index (χ0n) is 16.0. The van der Waals surface area contributed by atoms with E-state index in [1.165, 1.54) is 30.3 Å². The molecule has 156 valence electrons. The molecule has 1 unspecified atom stereocenters. The highest BCUT2D eigenvalue weighted by Gasteiger charge is 2.20. The van der Waals surface area contributed by atoms with E-state index in [9.17, 15) is 18.0 Å². The van der Waals surface area contributed by atoms with Gasteiger partial charge in [0.05, 0.1) is 11.0 Å². The van der Waals surface area contributed by atoms with E-state index in [0.29, 0.717) is 23.3 Å². The summed E-state index contributed by atoms with van der Waals surface area (Å²) in [6, 6.07) is 14.0. The van der Waals surface area contributed by atoms with E-state index >= 15 is 0 Å². The number of benzene rings is 2. The van der Waals surface area contributed by atoms with E-state index in [-0.39, 0.29) is 23.1 Å². The first kappa shape index (κ1) is 20.3. The predicted molar refractivity (Wildman–Crippen MR) is 111 cm³/mol. The minimum absolute atomic E-state index is 0.0729. The maximum atomic E-state index is 12.5. The van der Waals surface area contributed by atoms with Gasteiger partial charge in [-0.05, 0) is 49.2 Å². The molecule has 0 bridgehead atoms. The Morgan fingerprint density at radius 3 is 2.60 bits per heavy atom. The number of hydrogen-bond donors (Lipinski definition) is 2. The zero-order chi connectivity index (χ0) is 21.1. The number of carbonyl (C=O) groups is 1. The van der Waals surface area contributed by atoms with Crippen LogP contribution in [0, 0.1) is 0 Å². The number of sulfonamides is 1. The van der Waals surface area contributed by atoms with Crippen molar-refractivity contribution >= 4 is 32.6 Å². The summed E-state index contributed by atoms with van der Waals surface area (Å²) in [5, 5.41) is 3.21. The zero-order valence-corrected chi connectivity index (χ0v) is 16.8. The molecule has 3 aromatic rings. The second-order valence-electron chi connectivity index (χ2n) is 6.95. The first-order valence-corrected chi connectivity index (χ1v) is 11.0. The summed E-state index contributed by atoms with van der Waals surface area (Å²) < 4.78 is 37.9. The monoisotopic (exact) mass is 428 g/mol. The quantitative estimate of drug-likeness (QED) is 0.583. The third kappa shape index (κ3) is 4.43. The average Bonchev–Trinajstić information content (AvgIpc) is 3.26. The molecule has 2 N–H and O–H groups in total. The summed E-state index contributed by atoms with van der Waals surface area (Å²) in [6.07, 6.45) is 1.65. The van der Waals surface area contributed by atoms with Crippen molar-refractivity contribution in [3.63, 3.8) is 0 Å². The minimum Gasteiger partial charge on any atom is -0.422 e. The maximum Gasteiger partial charge on any atom is 0.349 e. The van der Waals surface area contributed by atoms with Crippen molar-refractivity contribution in [3.05, 3.63) is 70.6 Å². The lowest BCUT2D eigenvalue weighted by Crippen LogP contribution is -2.31. The Hall–Kier alpha value is -3.01. The number of ether oxygens (including phenoxy) is 1. The van der Waals surface area contributed by atoms with Crippen molar-refractivity contribution in [1.82, 2.24) is 4.72 Å². The van der Waals surface area contributed by atoms with E-state index in [4.69, 9.17) is 9.15 Å². The molecule has 0 radical (unpaired) electrons. The van der Waals surface area contributed by atoms with Crippen molar-refractivity contribution in [3.8, 4) is 0 Å². The summed E-state index contributed by atoms with van der Waals surface area (Å²) >= 11 is 0. The first-order valence-electron chi connectivity index (χ1n) is 9.48. The van der Waals surface area contributed by atoms with Crippen molar-refractivity contribution in [1.29, 1.82) is 0 Å². The SMILES string of the molecule is O=C(Nc1ccc(S(=O)(=O)NCC2CCCO2)cc1)c1cc2ccccc2oc1=O. The first-order chi connectivity index (χ1) is 14.4. The number of amides is 1. The van der Waals surface area contributed by atoms with Crippen molar-refractivity contribution in [2.45, 2.75) is 23.8 Å². The molecule has 1 aliphatic heterocycles. The van der Waals surface area contributed by atoms with Gasteiger partial charge in [0.25, 0.3) is 5.91 Å². The predicted octanol–water partition coefficient (Wildman–Crippen LogP) is 2.50. The van der Waals surface area contributed by atoms with Gasteiger partial charge in [0, 0.05) is 24.2 Å². The third-order valence-corrected chi connectivity index (χ3v) is 6.27. The van der Waals surface area contributed by atoms with Gasteiger partial charge in [-0.25, -0.2) is 17.9 Å². The molecule has 1 saturated heterocycles. The topological polar surface area (TPSA) is 115 Å². The fourth-order valence-corrected chi connectivity index (χ4v) is 4.29. The number of rotatable bonds is 6. The summed E-state index contributed by atoms with van der Waals surface area (Å²) in [5.41, 5.74) is -0.137. The van der Waals surface area contributed by atoms with E-state index in [2.05, 4.69) is 10.0 Å². The van der Waals surface area contributed by atoms with E-state index in [0.717, 1.165) is 12.8 Å². The van der Waals surface area contributed by atoms with E-state index < -0.39 is 21.6 Å². The van der Waals surface area contributed by atoms with Gasteiger partial charge in [-0.3, -0.25) is 4.79 Å². The molecule has 4 rings (SSSR count). The van der Waals surface area contributed by atoms with Gasteiger partial charge in [-0.15, -0.1) is 0 Å². The molecule has 30 heavy (non-hydrogen) atoms. The Balaban J connectivity index is 1.46. The second-order valence-corrected chi connectivity index (χ2v) is 8.72. The van der Waals surface area contributed by atoms with Crippen molar-refractivity contribution in [2.75, 3.05) is 18.5 Å². The van der Waals surface area contributed by atoms with Gasteiger partial charge < -0.3 is 14.5 Å². The van der Waals surface area contributed by atoms with Gasteiger partial charge in [0.1, 0.15) is 11.1 Å². The van der Waals surface area contributed by atoms with Crippen LogP contribution in [-0.4, -0.2) is 33.6 Å². The molecule has 0 aliphatic carbocycles. The highest BCUT2D eigenvalue weighted by Crippen LogP contribution is 2.17. The van der Waals surface area contributed by atoms with Crippen molar-refractivity contribution in [2.24, 2.45) is 0 Å². The molecule has 8 nitrogen and oxygen atoms in total. The average molecular weight is 428 g/mol. The van der Waals surface area contributed by atoms with Crippen LogP contribution in [0.3, 0.4) is 0 Å². The van der Waals surface area contributed by atoms with Crippen LogP contribution in [0.1, 0.15) is 23.2 Å². The lowest BCUT2D eigenvalue weighted by molar-refractivity contribution is 0.102. The number of anilines is 1. The summed E-state index contributed by atoms with van der Waals surface area (Å²) in [7, 11) is -3.68. The third-order valence-electron chi connectivity index (χ3n) is 4.83. The highest BCUT2D eigenvalue weighted by molar-refractivity contribution is 7.89. The van der Waals surface area contributed by atoms with Crippen LogP contribution < -0.4 is 15.7 Å². The second kappa shape index (κ2) is 8.39. The van der Waals surface area contributed by atoms with Gasteiger partial charge in [0.15, 0.2) is 0 Å². The maximum absolute atomic E-state index is 12.5. The molecule has 1 amide bonds. The Labute approximate surface area is 172 Å². The van der Waals surface area contributed by atoms with Gasteiger partial charge in [-0.1, -0.05) is 18.2 Å². The Bertz CT molecular complexity index is 1230. The molecule has 1 aromatic heterocycles. The molecule has 1 aliphatic rings. The highest BCUT2D eigenvalue weighted by atomic mass is 32.2. The normalized spacial score (nSPS) is 16.6. The molecular formula is C21H20N2O6S. The molecule has 2 heterocycles. The van der Waals surface area contributed by atoms with E-state index in [1.807, 2.05) is 0 Å². The van der Waals surface area contributed by atoms with Crippen LogP contribution in [0.4, 0.5) is 5.69 Å². The Morgan fingerprint density at radius 2 is 1.87 bits per heavy atom. The standard InChI is InChI=1S/C21H20N2O6S/c24-20(18-12-14-4-1-2-6-19(14)29-21(18)25)23-15-7-9-17(10-8-15)30(26,27)22-13-16-5-3-11-28-16/h1-2,4,6-10,12,16,22H,3,5,11,13H2,(H,23,24). The smallest absolute Gasteiger partial charge is 0.349 e. The van der Waals surface area contributed by atoms with Crippen LogP contribution in [0.5, 0.6) is 0 Å². The van der Waals surface area contributed by atoms with Gasteiger partial charge in [0.2, 0.25) is 10.0 Å². The fourth-order valence-electron chi connectivity index (χ4n) is 3.23. The minimum atomic E-state index is -3.68. The molecule has 1 fully saturated rings. The fraction of sp³-hybridized carbons (Fsp3) is 0.238. The Kier molecular flexibility index (Phi) is 5.67. The summed E-state index contributed by atoms with van der Waals surface area (Å²) in [6.45, 7) is 0.870. The molecule has 0 saturated carbocycles. The van der Waals surface area contributed by atoms with Crippen molar-refractivity contribution < 1.29 is 22.4 Å². The van der Waals surface area contributed by atoms with Crippen LogP contribution in [0.25, 0.3) is 11.0 Å². The van der Waals surface area contributed by atoms with Gasteiger partial charge in [-0.2, -0.15) is 0 Å². The molecular weight excluding hydrogens is 408 g/mol. The summed E-state index contributed by atoms with van der Waals surface area (Å²) in [4.78, 5) is 24.7. The van der Waals surface area contributed by atoms with Crippen LogP contribution in [0.15, 0.2) is 68.7 Å². The number of fused-ring (bicyclic) bond motifs is 1. The molecule has 0 spiro atoms. The largest absolute Gasteiger partial charge is 0.422 e. The number of para-hydroxylation sites is 1. The lowest BCUT2D eigenvalue weighted by Gasteiger charge is -2.12. The molecule has 1 atom stereocenters. The number of carbonyl (C=O) groups excluding carboxylic acids is 1.